The SMILES string of the molecule is C=CCC(NC(=O)NCc1ccccc1C)C(=O)O. The van der Waals surface area contributed by atoms with Crippen molar-refractivity contribution < 1.29 is 14.7 Å². The first kappa shape index (κ1) is 14.8. The Kier molecular flexibility index (Phi) is 5.60. The molecular formula is C14H18N2O3. The minimum atomic E-state index is -1.08. The molecule has 0 saturated heterocycles. The first-order valence-electron chi connectivity index (χ1n) is 5.97. The van der Waals surface area contributed by atoms with Gasteiger partial charge in [0.1, 0.15) is 6.04 Å². The van der Waals surface area contributed by atoms with Gasteiger partial charge in [-0.15, -0.1) is 6.58 Å². The van der Waals surface area contributed by atoms with E-state index in [0.717, 1.165) is 11.1 Å². The Hall–Kier alpha value is -2.30. The van der Waals surface area contributed by atoms with Crippen LogP contribution < -0.4 is 10.6 Å². The minimum Gasteiger partial charge on any atom is -0.480 e. The van der Waals surface area contributed by atoms with Crippen LogP contribution in [0.2, 0.25) is 0 Å². The average Bonchev–Trinajstić information content (AvgIpc) is 2.37. The number of carbonyl (C=O) groups is 2. The minimum absolute atomic E-state index is 0.188. The highest BCUT2D eigenvalue weighted by Crippen LogP contribution is 2.05. The molecule has 1 aromatic rings. The number of carboxylic acids is 1. The fraction of sp³-hybridized carbons (Fsp3) is 0.286. The summed E-state index contributed by atoms with van der Waals surface area (Å²) in [5.41, 5.74) is 2.07. The van der Waals surface area contributed by atoms with Crippen LogP contribution in [0.4, 0.5) is 4.79 Å². The second kappa shape index (κ2) is 7.20. The fourth-order valence-corrected chi connectivity index (χ4v) is 1.58. The van der Waals surface area contributed by atoms with Crippen LogP contribution in [-0.2, 0) is 11.3 Å². The first-order chi connectivity index (χ1) is 9.04. The lowest BCUT2D eigenvalue weighted by Gasteiger charge is -2.14. The zero-order valence-corrected chi connectivity index (χ0v) is 10.8. The molecule has 0 aromatic heterocycles. The van der Waals surface area contributed by atoms with Gasteiger partial charge in [0.25, 0.3) is 0 Å². The molecule has 0 bridgehead atoms. The number of aliphatic carboxylic acids is 1. The summed E-state index contributed by atoms with van der Waals surface area (Å²) in [7, 11) is 0. The molecule has 0 heterocycles. The molecular weight excluding hydrogens is 244 g/mol. The highest BCUT2D eigenvalue weighted by atomic mass is 16.4. The van der Waals surface area contributed by atoms with Gasteiger partial charge in [0, 0.05) is 6.54 Å². The molecule has 5 heteroatoms. The molecule has 1 unspecified atom stereocenters. The van der Waals surface area contributed by atoms with Gasteiger partial charge in [0.2, 0.25) is 0 Å². The van der Waals surface area contributed by atoms with E-state index in [2.05, 4.69) is 17.2 Å². The van der Waals surface area contributed by atoms with Gasteiger partial charge >= 0.3 is 12.0 Å². The Balaban J connectivity index is 2.49. The van der Waals surface area contributed by atoms with Crippen LogP contribution in [-0.4, -0.2) is 23.1 Å². The molecule has 19 heavy (non-hydrogen) atoms. The lowest BCUT2D eigenvalue weighted by Crippen LogP contribution is -2.45. The third-order valence-corrected chi connectivity index (χ3v) is 2.71. The van der Waals surface area contributed by atoms with Crippen LogP contribution in [0, 0.1) is 6.92 Å². The van der Waals surface area contributed by atoms with E-state index in [-0.39, 0.29) is 6.42 Å². The van der Waals surface area contributed by atoms with Crippen LogP contribution in [0.1, 0.15) is 17.5 Å². The van der Waals surface area contributed by atoms with E-state index in [1.165, 1.54) is 6.08 Å². The monoisotopic (exact) mass is 262 g/mol. The molecule has 0 radical (unpaired) electrons. The number of aryl methyl sites for hydroxylation is 1. The predicted octanol–water partition coefficient (Wildman–Crippen LogP) is 1.82. The van der Waals surface area contributed by atoms with Crippen molar-refractivity contribution in [3.63, 3.8) is 0 Å². The Morgan fingerprint density at radius 3 is 2.68 bits per heavy atom. The molecule has 0 fully saturated rings. The third-order valence-electron chi connectivity index (χ3n) is 2.71. The van der Waals surface area contributed by atoms with Crippen LogP contribution in [0.3, 0.4) is 0 Å². The number of carbonyl (C=O) groups excluding carboxylic acids is 1. The molecule has 5 nitrogen and oxygen atoms in total. The van der Waals surface area contributed by atoms with Crippen molar-refractivity contribution in [3.8, 4) is 0 Å². The summed E-state index contributed by atoms with van der Waals surface area (Å²) < 4.78 is 0. The lowest BCUT2D eigenvalue weighted by molar-refractivity contribution is -0.139. The second-order valence-corrected chi connectivity index (χ2v) is 4.17. The van der Waals surface area contributed by atoms with Crippen LogP contribution in [0.25, 0.3) is 0 Å². The molecule has 2 amide bonds. The number of urea groups is 1. The predicted molar refractivity (Wildman–Crippen MR) is 72.8 cm³/mol. The van der Waals surface area contributed by atoms with E-state index in [4.69, 9.17) is 5.11 Å². The maximum atomic E-state index is 11.6. The molecule has 1 aromatic carbocycles. The topological polar surface area (TPSA) is 78.4 Å². The van der Waals surface area contributed by atoms with Gasteiger partial charge in [-0.3, -0.25) is 0 Å². The van der Waals surface area contributed by atoms with Crippen molar-refractivity contribution in [2.75, 3.05) is 0 Å². The fourth-order valence-electron chi connectivity index (χ4n) is 1.58. The number of carboxylic acid groups (broad SMARTS) is 1. The Morgan fingerprint density at radius 2 is 2.11 bits per heavy atom. The summed E-state index contributed by atoms with van der Waals surface area (Å²) in [4.78, 5) is 22.5. The molecule has 0 aliphatic rings. The molecule has 0 saturated carbocycles. The van der Waals surface area contributed by atoms with E-state index in [1.54, 1.807) is 0 Å². The normalized spacial score (nSPS) is 11.4. The van der Waals surface area contributed by atoms with Gasteiger partial charge in [0.15, 0.2) is 0 Å². The Bertz CT molecular complexity index is 472. The van der Waals surface area contributed by atoms with E-state index >= 15 is 0 Å². The highest BCUT2D eigenvalue weighted by molar-refractivity contribution is 5.82. The lowest BCUT2D eigenvalue weighted by atomic mass is 10.1. The van der Waals surface area contributed by atoms with E-state index in [9.17, 15) is 9.59 Å². The number of hydrogen-bond donors (Lipinski definition) is 3. The number of rotatable bonds is 6. The summed E-state index contributed by atoms with van der Waals surface area (Å²) >= 11 is 0. The zero-order chi connectivity index (χ0) is 14.3. The van der Waals surface area contributed by atoms with Gasteiger partial charge in [-0.25, -0.2) is 9.59 Å². The van der Waals surface area contributed by atoms with Crippen molar-refractivity contribution in [2.45, 2.75) is 25.9 Å². The summed E-state index contributed by atoms with van der Waals surface area (Å²) in [5.74, 6) is -1.08. The van der Waals surface area contributed by atoms with Crippen LogP contribution in [0.15, 0.2) is 36.9 Å². The summed E-state index contributed by atoms with van der Waals surface area (Å²) in [6.45, 7) is 5.77. The van der Waals surface area contributed by atoms with Crippen LogP contribution >= 0.6 is 0 Å². The van der Waals surface area contributed by atoms with Crippen molar-refractivity contribution in [1.82, 2.24) is 10.6 Å². The zero-order valence-electron chi connectivity index (χ0n) is 10.8. The number of hydrogen-bond acceptors (Lipinski definition) is 2. The molecule has 1 atom stereocenters. The molecule has 1 rings (SSSR count). The largest absolute Gasteiger partial charge is 0.480 e. The first-order valence-corrected chi connectivity index (χ1v) is 5.97. The number of nitrogens with one attached hydrogen (secondary N) is 2. The summed E-state index contributed by atoms with van der Waals surface area (Å²) in [6, 6.07) is 6.22. The summed E-state index contributed by atoms with van der Waals surface area (Å²) in [6.07, 6.45) is 1.65. The molecule has 102 valence electrons. The third kappa shape index (κ3) is 4.83. The quantitative estimate of drug-likeness (QED) is 0.684. The van der Waals surface area contributed by atoms with Crippen molar-refractivity contribution in [1.29, 1.82) is 0 Å². The average molecular weight is 262 g/mol. The number of benzene rings is 1. The van der Waals surface area contributed by atoms with E-state index in [0.29, 0.717) is 6.54 Å². The van der Waals surface area contributed by atoms with Crippen LogP contribution in [0.5, 0.6) is 0 Å². The number of amides is 2. The molecule has 0 spiro atoms. The summed E-state index contributed by atoms with van der Waals surface area (Å²) in [5, 5.41) is 13.9. The van der Waals surface area contributed by atoms with Gasteiger partial charge in [-0.05, 0) is 24.5 Å². The standard InChI is InChI=1S/C14H18N2O3/c1-3-6-12(13(17)18)16-14(19)15-9-11-8-5-4-7-10(11)2/h3-5,7-8,12H,1,6,9H2,2H3,(H,17,18)(H2,15,16,19). The van der Waals surface area contributed by atoms with Crippen molar-refractivity contribution in [3.05, 3.63) is 48.0 Å². The Labute approximate surface area is 112 Å². The van der Waals surface area contributed by atoms with Gasteiger partial charge < -0.3 is 15.7 Å². The highest BCUT2D eigenvalue weighted by Gasteiger charge is 2.17. The molecule has 0 aliphatic carbocycles. The van der Waals surface area contributed by atoms with Crippen molar-refractivity contribution >= 4 is 12.0 Å². The van der Waals surface area contributed by atoms with Gasteiger partial charge in [-0.1, -0.05) is 30.3 Å². The molecule has 0 aliphatic heterocycles. The van der Waals surface area contributed by atoms with Gasteiger partial charge in [0.05, 0.1) is 0 Å². The maximum Gasteiger partial charge on any atom is 0.326 e. The smallest absolute Gasteiger partial charge is 0.326 e. The Morgan fingerprint density at radius 1 is 1.42 bits per heavy atom. The van der Waals surface area contributed by atoms with E-state index in [1.807, 2.05) is 31.2 Å². The van der Waals surface area contributed by atoms with E-state index < -0.39 is 18.0 Å². The van der Waals surface area contributed by atoms with Crippen molar-refractivity contribution in [2.24, 2.45) is 0 Å². The molecule has 3 N–H and O–H groups in total. The van der Waals surface area contributed by atoms with Gasteiger partial charge in [-0.2, -0.15) is 0 Å². The second-order valence-electron chi connectivity index (χ2n) is 4.17. The maximum absolute atomic E-state index is 11.6.